The Bertz CT molecular complexity index is 429. The number of nitrogens with one attached hydrogen (secondary N) is 1. The monoisotopic (exact) mass is 249 g/mol. The number of benzene rings is 1. The molecule has 1 amide bonds. The van der Waals surface area contributed by atoms with Gasteiger partial charge in [-0.05, 0) is 31.5 Å². The van der Waals surface area contributed by atoms with Crippen LogP contribution in [0.3, 0.4) is 0 Å². The SMILES string of the molecule is CCOC(=O)c1cccc(NC(=O)[C@@H](C)CC)c1. The molecule has 98 valence electrons. The predicted octanol–water partition coefficient (Wildman–Crippen LogP) is 2.85. The van der Waals surface area contributed by atoms with Crippen LogP contribution in [-0.2, 0) is 9.53 Å². The summed E-state index contributed by atoms with van der Waals surface area (Å²) in [5.41, 5.74) is 1.06. The van der Waals surface area contributed by atoms with Crippen LogP contribution >= 0.6 is 0 Å². The summed E-state index contributed by atoms with van der Waals surface area (Å²) >= 11 is 0. The lowest BCUT2D eigenvalue weighted by Crippen LogP contribution is -2.19. The Morgan fingerprint density at radius 3 is 2.67 bits per heavy atom. The minimum Gasteiger partial charge on any atom is -0.462 e. The summed E-state index contributed by atoms with van der Waals surface area (Å²) in [6, 6.07) is 6.76. The van der Waals surface area contributed by atoms with Crippen molar-refractivity contribution in [3.05, 3.63) is 29.8 Å². The van der Waals surface area contributed by atoms with Crippen molar-refractivity contribution in [3.63, 3.8) is 0 Å². The van der Waals surface area contributed by atoms with Gasteiger partial charge in [0, 0.05) is 11.6 Å². The number of carbonyl (C=O) groups is 2. The molecule has 0 aliphatic heterocycles. The van der Waals surface area contributed by atoms with Crippen LogP contribution < -0.4 is 5.32 Å². The molecule has 0 aliphatic carbocycles. The molecule has 0 spiro atoms. The molecule has 0 unspecified atom stereocenters. The van der Waals surface area contributed by atoms with E-state index in [0.29, 0.717) is 17.9 Å². The lowest BCUT2D eigenvalue weighted by molar-refractivity contribution is -0.119. The average molecular weight is 249 g/mol. The van der Waals surface area contributed by atoms with E-state index in [-0.39, 0.29) is 17.8 Å². The maximum atomic E-state index is 11.7. The van der Waals surface area contributed by atoms with Gasteiger partial charge in [0.2, 0.25) is 5.91 Å². The first kappa shape index (κ1) is 14.2. The normalized spacial score (nSPS) is 11.7. The standard InChI is InChI=1S/C14H19NO3/c1-4-10(3)13(16)15-12-8-6-7-11(9-12)14(17)18-5-2/h6-10H,4-5H2,1-3H3,(H,15,16)/t10-/m0/s1. The first-order valence-corrected chi connectivity index (χ1v) is 6.16. The minimum absolute atomic E-state index is 0.0430. The van der Waals surface area contributed by atoms with Gasteiger partial charge in [0.1, 0.15) is 0 Å². The summed E-state index contributed by atoms with van der Waals surface area (Å²) in [5, 5.41) is 2.78. The molecule has 18 heavy (non-hydrogen) atoms. The lowest BCUT2D eigenvalue weighted by Gasteiger charge is -2.10. The second kappa shape index (κ2) is 6.79. The molecule has 0 fully saturated rings. The Labute approximate surface area is 107 Å². The molecule has 1 rings (SSSR count). The van der Waals surface area contributed by atoms with Gasteiger partial charge in [0.15, 0.2) is 0 Å². The number of carbonyl (C=O) groups excluding carboxylic acids is 2. The summed E-state index contributed by atoms with van der Waals surface area (Å²) in [6.07, 6.45) is 0.781. The fourth-order valence-electron chi connectivity index (χ4n) is 1.39. The third-order valence-electron chi connectivity index (χ3n) is 2.70. The van der Waals surface area contributed by atoms with Gasteiger partial charge in [0.25, 0.3) is 0 Å². The first-order chi connectivity index (χ1) is 8.58. The van der Waals surface area contributed by atoms with Crippen molar-refractivity contribution in [1.29, 1.82) is 0 Å². The van der Waals surface area contributed by atoms with Crippen LogP contribution in [0.4, 0.5) is 5.69 Å². The fourth-order valence-corrected chi connectivity index (χ4v) is 1.39. The summed E-state index contributed by atoms with van der Waals surface area (Å²) in [5.74, 6) is -0.466. The van der Waals surface area contributed by atoms with Crippen molar-refractivity contribution >= 4 is 17.6 Å². The zero-order chi connectivity index (χ0) is 13.5. The van der Waals surface area contributed by atoms with Crippen molar-refractivity contribution in [2.24, 2.45) is 5.92 Å². The van der Waals surface area contributed by atoms with Crippen molar-refractivity contribution in [1.82, 2.24) is 0 Å². The van der Waals surface area contributed by atoms with Crippen LogP contribution in [0, 0.1) is 5.92 Å². The van der Waals surface area contributed by atoms with E-state index in [1.165, 1.54) is 0 Å². The fraction of sp³-hybridized carbons (Fsp3) is 0.429. The van der Waals surface area contributed by atoms with Crippen LogP contribution in [0.15, 0.2) is 24.3 Å². The van der Waals surface area contributed by atoms with Crippen LogP contribution in [-0.4, -0.2) is 18.5 Å². The summed E-state index contributed by atoms with van der Waals surface area (Å²) < 4.78 is 4.90. The number of ether oxygens (including phenoxy) is 1. The van der Waals surface area contributed by atoms with Crippen molar-refractivity contribution in [2.45, 2.75) is 27.2 Å². The molecule has 4 nitrogen and oxygen atoms in total. The number of hydrogen-bond donors (Lipinski definition) is 1. The minimum atomic E-state index is -0.378. The largest absolute Gasteiger partial charge is 0.462 e. The molecular formula is C14H19NO3. The Kier molecular flexibility index (Phi) is 5.36. The molecule has 0 radical (unpaired) electrons. The van der Waals surface area contributed by atoms with Crippen LogP contribution in [0.5, 0.6) is 0 Å². The van der Waals surface area contributed by atoms with Crippen molar-refractivity contribution in [3.8, 4) is 0 Å². The molecular weight excluding hydrogens is 230 g/mol. The maximum Gasteiger partial charge on any atom is 0.338 e. The second-order valence-corrected chi connectivity index (χ2v) is 4.10. The van der Waals surface area contributed by atoms with E-state index in [1.807, 2.05) is 13.8 Å². The molecule has 1 atom stereocenters. The van der Waals surface area contributed by atoms with Crippen LogP contribution in [0.25, 0.3) is 0 Å². The predicted molar refractivity (Wildman–Crippen MR) is 70.5 cm³/mol. The second-order valence-electron chi connectivity index (χ2n) is 4.10. The highest BCUT2D eigenvalue weighted by Crippen LogP contribution is 2.13. The molecule has 0 bridgehead atoms. The first-order valence-electron chi connectivity index (χ1n) is 6.16. The molecule has 0 aliphatic rings. The van der Waals surface area contributed by atoms with Crippen LogP contribution in [0.1, 0.15) is 37.6 Å². The quantitative estimate of drug-likeness (QED) is 0.816. The Morgan fingerprint density at radius 2 is 2.06 bits per heavy atom. The molecule has 0 heterocycles. The van der Waals surface area contributed by atoms with Crippen LogP contribution in [0.2, 0.25) is 0 Å². The van der Waals surface area contributed by atoms with Gasteiger partial charge in [-0.1, -0.05) is 19.9 Å². The van der Waals surface area contributed by atoms with E-state index in [0.717, 1.165) is 6.42 Å². The summed E-state index contributed by atoms with van der Waals surface area (Å²) in [4.78, 5) is 23.3. The molecule has 0 saturated heterocycles. The van der Waals surface area contributed by atoms with Crippen molar-refractivity contribution in [2.75, 3.05) is 11.9 Å². The van der Waals surface area contributed by atoms with Gasteiger partial charge in [0.05, 0.1) is 12.2 Å². The van der Waals surface area contributed by atoms with E-state index in [9.17, 15) is 9.59 Å². The smallest absolute Gasteiger partial charge is 0.338 e. The summed E-state index contributed by atoms with van der Waals surface area (Å²) in [6.45, 7) is 5.92. The average Bonchev–Trinajstić information content (AvgIpc) is 2.38. The number of anilines is 1. The molecule has 1 aromatic carbocycles. The molecule has 4 heteroatoms. The molecule has 0 aromatic heterocycles. The summed E-state index contributed by atoms with van der Waals surface area (Å²) in [7, 11) is 0. The maximum absolute atomic E-state index is 11.7. The zero-order valence-corrected chi connectivity index (χ0v) is 11.0. The van der Waals surface area contributed by atoms with Gasteiger partial charge in [-0.3, -0.25) is 4.79 Å². The Balaban J connectivity index is 2.76. The number of amides is 1. The highest BCUT2D eigenvalue weighted by Gasteiger charge is 2.12. The number of esters is 1. The van der Waals surface area contributed by atoms with Gasteiger partial charge in [-0.25, -0.2) is 4.79 Å². The highest BCUT2D eigenvalue weighted by atomic mass is 16.5. The Morgan fingerprint density at radius 1 is 1.33 bits per heavy atom. The van der Waals surface area contributed by atoms with Crippen molar-refractivity contribution < 1.29 is 14.3 Å². The third kappa shape index (κ3) is 3.87. The van der Waals surface area contributed by atoms with Gasteiger partial charge in [-0.15, -0.1) is 0 Å². The Hall–Kier alpha value is -1.84. The highest BCUT2D eigenvalue weighted by molar-refractivity contribution is 5.95. The number of hydrogen-bond acceptors (Lipinski definition) is 3. The topological polar surface area (TPSA) is 55.4 Å². The molecule has 1 N–H and O–H groups in total. The zero-order valence-electron chi connectivity index (χ0n) is 11.0. The van der Waals surface area contributed by atoms with E-state index in [4.69, 9.17) is 4.74 Å². The number of rotatable bonds is 5. The molecule has 1 aromatic rings. The van der Waals surface area contributed by atoms with E-state index < -0.39 is 0 Å². The van der Waals surface area contributed by atoms with Gasteiger partial charge < -0.3 is 10.1 Å². The van der Waals surface area contributed by atoms with Gasteiger partial charge >= 0.3 is 5.97 Å². The van der Waals surface area contributed by atoms with E-state index in [2.05, 4.69) is 5.32 Å². The molecule has 0 saturated carbocycles. The third-order valence-corrected chi connectivity index (χ3v) is 2.70. The van der Waals surface area contributed by atoms with Gasteiger partial charge in [-0.2, -0.15) is 0 Å². The van der Waals surface area contributed by atoms with E-state index >= 15 is 0 Å². The lowest BCUT2D eigenvalue weighted by atomic mass is 10.1. The van der Waals surface area contributed by atoms with E-state index in [1.54, 1.807) is 31.2 Å².